The van der Waals surface area contributed by atoms with Gasteiger partial charge in [0.1, 0.15) is 0 Å². The van der Waals surface area contributed by atoms with Crippen LogP contribution in [0.4, 0.5) is 4.39 Å². The van der Waals surface area contributed by atoms with Crippen LogP contribution in [-0.4, -0.2) is 51.2 Å². The summed E-state index contributed by atoms with van der Waals surface area (Å²) in [6.45, 7) is 2.38. The third-order valence-corrected chi connectivity index (χ3v) is 5.92. The molecular formula is C21H23FN4O2. The molecule has 0 saturated carbocycles. The zero-order chi connectivity index (χ0) is 19.6. The molecule has 2 aromatic rings. The van der Waals surface area contributed by atoms with Gasteiger partial charge in [0.2, 0.25) is 5.91 Å². The van der Waals surface area contributed by atoms with Crippen LogP contribution in [0.25, 0.3) is 0 Å². The molecule has 7 heteroatoms. The van der Waals surface area contributed by atoms with Gasteiger partial charge in [-0.15, -0.1) is 0 Å². The molecule has 2 aromatic heterocycles. The summed E-state index contributed by atoms with van der Waals surface area (Å²) in [5.41, 5.74) is 0.928. The Bertz CT molecular complexity index is 866. The summed E-state index contributed by atoms with van der Waals surface area (Å²) in [5, 5.41) is 0. The maximum atomic E-state index is 13.9. The monoisotopic (exact) mass is 382 g/mol. The predicted molar refractivity (Wildman–Crippen MR) is 101 cm³/mol. The van der Waals surface area contributed by atoms with Crippen molar-refractivity contribution in [3.05, 3.63) is 59.9 Å². The van der Waals surface area contributed by atoms with Gasteiger partial charge in [-0.1, -0.05) is 6.07 Å². The summed E-state index contributed by atoms with van der Waals surface area (Å²) in [6, 6.07) is 6.59. The fourth-order valence-corrected chi connectivity index (χ4v) is 4.24. The fourth-order valence-electron chi connectivity index (χ4n) is 4.24. The molecule has 146 valence electrons. The average Bonchev–Trinajstić information content (AvgIpc) is 2.72. The number of piperidine rings is 2. The Kier molecular flexibility index (Phi) is 5.07. The number of likely N-dealkylation sites (tertiary alicyclic amines) is 2. The molecule has 2 saturated heterocycles. The standard InChI is InChI=1S/C21H23FN4O2/c22-17-4-2-10-24-19(17)20(28)25-11-7-21(8-12-25)6-5-18(27)26(15-21)14-16-3-1-9-23-13-16/h1-4,9-10,13H,5-8,11-12,14-15H2. The van der Waals surface area contributed by atoms with E-state index in [4.69, 9.17) is 0 Å². The number of halogens is 1. The van der Waals surface area contributed by atoms with Crippen molar-refractivity contribution in [3.63, 3.8) is 0 Å². The summed E-state index contributed by atoms with van der Waals surface area (Å²) in [6.07, 6.45) is 7.94. The maximum absolute atomic E-state index is 13.9. The Hall–Kier alpha value is -2.83. The number of aromatic nitrogens is 2. The smallest absolute Gasteiger partial charge is 0.275 e. The molecule has 0 unspecified atom stereocenters. The molecule has 0 aromatic carbocycles. The highest BCUT2D eigenvalue weighted by molar-refractivity contribution is 5.92. The number of hydrogen-bond acceptors (Lipinski definition) is 4. The Morgan fingerprint density at radius 2 is 1.93 bits per heavy atom. The van der Waals surface area contributed by atoms with Crippen molar-refractivity contribution in [3.8, 4) is 0 Å². The van der Waals surface area contributed by atoms with E-state index in [1.165, 1.54) is 18.3 Å². The molecule has 0 aliphatic carbocycles. The van der Waals surface area contributed by atoms with Gasteiger partial charge in [0, 0.05) is 51.2 Å². The molecule has 0 bridgehead atoms. The van der Waals surface area contributed by atoms with Gasteiger partial charge in [-0.05, 0) is 48.4 Å². The second-order valence-corrected chi connectivity index (χ2v) is 7.74. The number of amides is 2. The van der Waals surface area contributed by atoms with Gasteiger partial charge < -0.3 is 9.80 Å². The number of carbonyl (C=O) groups excluding carboxylic acids is 2. The quantitative estimate of drug-likeness (QED) is 0.819. The van der Waals surface area contributed by atoms with E-state index >= 15 is 0 Å². The summed E-state index contributed by atoms with van der Waals surface area (Å²) < 4.78 is 13.9. The van der Waals surface area contributed by atoms with Crippen LogP contribution in [0.5, 0.6) is 0 Å². The normalized spacial score (nSPS) is 19.1. The zero-order valence-corrected chi connectivity index (χ0v) is 15.7. The van der Waals surface area contributed by atoms with Gasteiger partial charge in [0.25, 0.3) is 5.91 Å². The summed E-state index contributed by atoms with van der Waals surface area (Å²) in [7, 11) is 0. The third kappa shape index (κ3) is 3.74. The first-order valence-corrected chi connectivity index (χ1v) is 9.63. The first kappa shape index (κ1) is 18.5. The highest BCUT2D eigenvalue weighted by Crippen LogP contribution is 2.40. The van der Waals surface area contributed by atoms with Crippen molar-refractivity contribution in [1.82, 2.24) is 19.8 Å². The molecule has 28 heavy (non-hydrogen) atoms. The lowest BCUT2D eigenvalue weighted by molar-refractivity contribution is -0.139. The Labute approximate surface area is 163 Å². The van der Waals surface area contributed by atoms with E-state index in [-0.39, 0.29) is 22.9 Å². The van der Waals surface area contributed by atoms with E-state index < -0.39 is 5.82 Å². The fraction of sp³-hybridized carbons (Fsp3) is 0.429. The molecular weight excluding hydrogens is 359 g/mol. The molecule has 0 atom stereocenters. The summed E-state index contributed by atoms with van der Waals surface area (Å²) in [5.74, 6) is -0.769. The van der Waals surface area contributed by atoms with Gasteiger partial charge in [-0.2, -0.15) is 0 Å². The number of carbonyl (C=O) groups is 2. The first-order chi connectivity index (χ1) is 13.6. The molecule has 2 aliphatic rings. The molecule has 4 heterocycles. The largest absolute Gasteiger partial charge is 0.338 e. The van der Waals surface area contributed by atoms with Crippen molar-refractivity contribution in [2.75, 3.05) is 19.6 Å². The molecule has 4 rings (SSSR count). The molecule has 2 aliphatic heterocycles. The molecule has 2 fully saturated rings. The second-order valence-electron chi connectivity index (χ2n) is 7.74. The van der Waals surface area contributed by atoms with Crippen LogP contribution in [0.2, 0.25) is 0 Å². The van der Waals surface area contributed by atoms with Gasteiger partial charge in [-0.25, -0.2) is 9.37 Å². The number of rotatable bonds is 3. The topological polar surface area (TPSA) is 66.4 Å². The lowest BCUT2D eigenvalue weighted by Gasteiger charge is -2.47. The van der Waals surface area contributed by atoms with Crippen LogP contribution in [-0.2, 0) is 11.3 Å². The molecule has 0 N–H and O–H groups in total. The molecule has 0 radical (unpaired) electrons. The number of nitrogens with zero attached hydrogens (tertiary/aromatic N) is 4. The van der Waals surface area contributed by atoms with Gasteiger partial charge in [-0.3, -0.25) is 14.6 Å². The van der Waals surface area contributed by atoms with E-state index in [1.807, 2.05) is 17.0 Å². The summed E-state index contributed by atoms with van der Waals surface area (Å²) in [4.78, 5) is 36.6. The van der Waals surface area contributed by atoms with Crippen LogP contribution >= 0.6 is 0 Å². The summed E-state index contributed by atoms with van der Waals surface area (Å²) >= 11 is 0. The Morgan fingerprint density at radius 3 is 2.64 bits per heavy atom. The van der Waals surface area contributed by atoms with E-state index in [2.05, 4.69) is 9.97 Å². The van der Waals surface area contributed by atoms with Crippen LogP contribution < -0.4 is 0 Å². The van der Waals surface area contributed by atoms with Crippen LogP contribution in [0.1, 0.15) is 41.7 Å². The minimum absolute atomic E-state index is 0.0234. The second kappa shape index (κ2) is 7.66. The Balaban J connectivity index is 1.41. The highest BCUT2D eigenvalue weighted by Gasteiger charge is 2.42. The van der Waals surface area contributed by atoms with E-state index in [1.54, 1.807) is 17.3 Å². The highest BCUT2D eigenvalue weighted by atomic mass is 19.1. The molecule has 2 amide bonds. The van der Waals surface area contributed by atoms with E-state index in [0.717, 1.165) is 24.8 Å². The first-order valence-electron chi connectivity index (χ1n) is 9.63. The minimum Gasteiger partial charge on any atom is -0.338 e. The van der Waals surface area contributed by atoms with Crippen molar-refractivity contribution in [2.45, 2.75) is 32.2 Å². The number of pyridine rings is 2. The SMILES string of the molecule is O=C1CCC2(CCN(C(=O)c3ncccc3F)CC2)CN1Cc1cccnc1. The van der Waals surface area contributed by atoms with Crippen molar-refractivity contribution < 1.29 is 14.0 Å². The zero-order valence-electron chi connectivity index (χ0n) is 15.7. The van der Waals surface area contributed by atoms with Crippen LogP contribution in [0, 0.1) is 11.2 Å². The van der Waals surface area contributed by atoms with Gasteiger partial charge in [0.15, 0.2) is 11.5 Å². The molecule has 1 spiro atoms. The van der Waals surface area contributed by atoms with Gasteiger partial charge >= 0.3 is 0 Å². The van der Waals surface area contributed by atoms with Crippen molar-refractivity contribution in [2.24, 2.45) is 5.41 Å². The predicted octanol–water partition coefficient (Wildman–Crippen LogP) is 2.66. The third-order valence-electron chi connectivity index (χ3n) is 5.92. The minimum atomic E-state index is -0.585. The van der Waals surface area contributed by atoms with E-state index in [0.29, 0.717) is 32.6 Å². The average molecular weight is 382 g/mol. The van der Waals surface area contributed by atoms with Crippen LogP contribution in [0.15, 0.2) is 42.9 Å². The lowest BCUT2D eigenvalue weighted by atomic mass is 9.72. The van der Waals surface area contributed by atoms with Crippen molar-refractivity contribution in [1.29, 1.82) is 0 Å². The lowest BCUT2D eigenvalue weighted by Crippen LogP contribution is -2.52. The van der Waals surface area contributed by atoms with Crippen LogP contribution in [0.3, 0.4) is 0 Å². The van der Waals surface area contributed by atoms with E-state index in [9.17, 15) is 14.0 Å². The van der Waals surface area contributed by atoms with Crippen molar-refractivity contribution >= 4 is 11.8 Å². The maximum Gasteiger partial charge on any atom is 0.275 e. The van der Waals surface area contributed by atoms with Gasteiger partial charge in [0.05, 0.1) is 0 Å². The Morgan fingerprint density at radius 1 is 1.14 bits per heavy atom. The molecule has 6 nitrogen and oxygen atoms in total. The number of hydrogen-bond donors (Lipinski definition) is 0.